The highest BCUT2D eigenvalue weighted by Crippen LogP contribution is 2.20. The Kier molecular flexibility index (Phi) is 4.29. The lowest BCUT2D eigenvalue weighted by molar-refractivity contribution is -0.132. The highest BCUT2D eigenvalue weighted by atomic mass is 16.3. The maximum absolute atomic E-state index is 12.0. The van der Waals surface area contributed by atoms with Crippen molar-refractivity contribution in [1.29, 1.82) is 0 Å². The van der Waals surface area contributed by atoms with Crippen LogP contribution in [0.5, 0.6) is 0 Å². The van der Waals surface area contributed by atoms with E-state index in [1.165, 1.54) is 0 Å². The van der Waals surface area contributed by atoms with E-state index >= 15 is 0 Å². The average molecular weight is 212 g/mol. The quantitative estimate of drug-likeness (QED) is 0.715. The molecule has 0 aromatic heterocycles. The van der Waals surface area contributed by atoms with Gasteiger partial charge in [0.05, 0.1) is 18.7 Å². The molecule has 0 aromatic rings. The van der Waals surface area contributed by atoms with Crippen LogP contribution in [0.2, 0.25) is 0 Å². The van der Waals surface area contributed by atoms with Gasteiger partial charge in [0.15, 0.2) is 0 Å². The fourth-order valence-electron chi connectivity index (χ4n) is 1.86. The molecule has 1 amide bonds. The van der Waals surface area contributed by atoms with Gasteiger partial charge < -0.3 is 15.3 Å². The van der Waals surface area contributed by atoms with Crippen molar-refractivity contribution in [3.63, 3.8) is 0 Å². The number of carbonyl (C=O) groups is 1. The minimum atomic E-state index is -0.513. The predicted octanol–water partition coefficient (Wildman–Crippen LogP) is 0.481. The fourth-order valence-corrected chi connectivity index (χ4v) is 1.86. The molecule has 0 radical (unpaired) electrons. The molecule has 4 heteroatoms. The topological polar surface area (TPSA) is 52.6 Å². The van der Waals surface area contributed by atoms with Crippen LogP contribution in [0, 0.1) is 0 Å². The molecule has 2 unspecified atom stereocenters. The van der Waals surface area contributed by atoms with Crippen LogP contribution in [0.15, 0.2) is 12.3 Å². The molecule has 0 aromatic carbocycles. The van der Waals surface area contributed by atoms with Gasteiger partial charge >= 0.3 is 0 Å². The smallest absolute Gasteiger partial charge is 0.243 e. The number of nitrogens with zero attached hydrogens (tertiary/aromatic N) is 1. The first-order valence-corrected chi connectivity index (χ1v) is 5.40. The molecule has 86 valence electrons. The molecule has 0 saturated carbocycles. The fraction of sp³-hybridized carbons (Fsp3) is 0.727. The molecule has 1 aliphatic heterocycles. The van der Waals surface area contributed by atoms with E-state index in [2.05, 4.69) is 11.9 Å². The van der Waals surface area contributed by atoms with Crippen LogP contribution in [0.1, 0.15) is 26.2 Å². The number of likely N-dealkylation sites (tertiary alicyclic amines) is 1. The van der Waals surface area contributed by atoms with Gasteiger partial charge in [0.25, 0.3) is 0 Å². The molecule has 1 saturated heterocycles. The number of nitrogens with one attached hydrogen (secondary N) is 1. The van der Waals surface area contributed by atoms with Crippen LogP contribution in [-0.2, 0) is 4.79 Å². The van der Waals surface area contributed by atoms with Crippen molar-refractivity contribution in [2.24, 2.45) is 0 Å². The molecule has 0 spiro atoms. The van der Waals surface area contributed by atoms with Crippen molar-refractivity contribution in [3.8, 4) is 0 Å². The second-order valence-electron chi connectivity index (χ2n) is 4.10. The number of hydrogen-bond donors (Lipinski definition) is 2. The van der Waals surface area contributed by atoms with Crippen molar-refractivity contribution in [2.75, 3.05) is 13.6 Å². The highest BCUT2D eigenvalue weighted by Gasteiger charge is 2.28. The minimum absolute atomic E-state index is 0.0286. The molecule has 4 nitrogen and oxygen atoms in total. The summed E-state index contributed by atoms with van der Waals surface area (Å²) in [5.74, 6) is 0.0286. The Labute approximate surface area is 91.0 Å². The molecule has 1 rings (SSSR count). The number of amides is 1. The van der Waals surface area contributed by atoms with E-state index in [1.807, 2.05) is 0 Å². The van der Waals surface area contributed by atoms with Crippen LogP contribution in [0.4, 0.5) is 0 Å². The maximum atomic E-state index is 12.0. The van der Waals surface area contributed by atoms with Crippen molar-refractivity contribution < 1.29 is 9.90 Å². The number of rotatable bonds is 3. The highest BCUT2D eigenvalue weighted by molar-refractivity contribution is 5.83. The summed E-state index contributed by atoms with van der Waals surface area (Å²) in [5.41, 5.74) is 0.818. The Morgan fingerprint density at radius 1 is 1.73 bits per heavy atom. The van der Waals surface area contributed by atoms with Gasteiger partial charge in [0, 0.05) is 5.70 Å². The Balaban J connectivity index is 2.77. The number of likely N-dealkylation sites (N-methyl/N-ethyl adjacent to an activating group) is 1. The van der Waals surface area contributed by atoms with E-state index in [4.69, 9.17) is 0 Å². The zero-order valence-electron chi connectivity index (χ0n) is 9.49. The molecule has 0 bridgehead atoms. The lowest BCUT2D eigenvalue weighted by Crippen LogP contribution is -2.45. The average Bonchev–Trinajstić information content (AvgIpc) is 2.30. The number of aliphatic hydroxyl groups excluding tert-OH is 1. The molecule has 1 aliphatic rings. The number of allylic oxidation sites excluding steroid dienone is 1. The van der Waals surface area contributed by atoms with Gasteiger partial charge in [0.1, 0.15) is 0 Å². The monoisotopic (exact) mass is 212 g/mol. The van der Waals surface area contributed by atoms with Crippen molar-refractivity contribution in [1.82, 2.24) is 10.2 Å². The summed E-state index contributed by atoms with van der Waals surface area (Å²) in [7, 11) is 1.79. The third-order valence-electron chi connectivity index (χ3n) is 2.70. The summed E-state index contributed by atoms with van der Waals surface area (Å²) in [6.07, 6.45) is 2.12. The third kappa shape index (κ3) is 3.04. The largest absolute Gasteiger partial charge is 0.392 e. The SMILES string of the molecule is C=C1CCCC(NC)C(=O)N1CC(C)O. The van der Waals surface area contributed by atoms with Gasteiger partial charge in [-0.15, -0.1) is 0 Å². The van der Waals surface area contributed by atoms with Crippen LogP contribution in [0.25, 0.3) is 0 Å². The van der Waals surface area contributed by atoms with Crippen LogP contribution in [-0.4, -0.2) is 41.7 Å². The van der Waals surface area contributed by atoms with Gasteiger partial charge in [-0.3, -0.25) is 4.79 Å². The number of carbonyl (C=O) groups excluding carboxylic acids is 1. The number of hydrogen-bond acceptors (Lipinski definition) is 3. The Hall–Kier alpha value is -0.870. The van der Waals surface area contributed by atoms with Crippen LogP contribution >= 0.6 is 0 Å². The Bertz CT molecular complexity index is 251. The predicted molar refractivity (Wildman–Crippen MR) is 59.2 cm³/mol. The van der Waals surface area contributed by atoms with Crippen molar-refractivity contribution in [2.45, 2.75) is 38.3 Å². The maximum Gasteiger partial charge on any atom is 0.243 e. The number of β-amino-alcohol motifs (C(OH)–C–C–N with tert-alkyl or cyclic N) is 1. The first-order valence-electron chi connectivity index (χ1n) is 5.40. The summed E-state index contributed by atoms with van der Waals surface area (Å²) < 4.78 is 0. The molecule has 1 heterocycles. The molecule has 0 aliphatic carbocycles. The molecule has 2 N–H and O–H groups in total. The summed E-state index contributed by atoms with van der Waals surface area (Å²) >= 11 is 0. The number of aliphatic hydroxyl groups is 1. The van der Waals surface area contributed by atoms with Gasteiger partial charge in [-0.25, -0.2) is 0 Å². The second-order valence-corrected chi connectivity index (χ2v) is 4.10. The first-order chi connectivity index (χ1) is 7.06. The van der Waals surface area contributed by atoms with Gasteiger partial charge in [-0.2, -0.15) is 0 Å². The van der Waals surface area contributed by atoms with E-state index in [0.29, 0.717) is 6.54 Å². The van der Waals surface area contributed by atoms with Crippen molar-refractivity contribution >= 4 is 5.91 Å². The lowest BCUT2D eigenvalue weighted by Gasteiger charge is -2.26. The van der Waals surface area contributed by atoms with Crippen LogP contribution < -0.4 is 5.32 Å². The summed E-state index contributed by atoms with van der Waals surface area (Å²) in [6.45, 7) is 5.92. The summed E-state index contributed by atoms with van der Waals surface area (Å²) in [5, 5.41) is 12.3. The van der Waals surface area contributed by atoms with E-state index in [-0.39, 0.29) is 11.9 Å². The zero-order valence-corrected chi connectivity index (χ0v) is 9.49. The molecule has 15 heavy (non-hydrogen) atoms. The lowest BCUT2D eigenvalue weighted by atomic mass is 10.1. The Morgan fingerprint density at radius 2 is 2.40 bits per heavy atom. The minimum Gasteiger partial charge on any atom is -0.392 e. The van der Waals surface area contributed by atoms with Crippen LogP contribution in [0.3, 0.4) is 0 Å². The zero-order chi connectivity index (χ0) is 11.4. The molecular formula is C11H20N2O2. The van der Waals surface area contributed by atoms with E-state index in [0.717, 1.165) is 25.0 Å². The second kappa shape index (κ2) is 5.28. The first kappa shape index (κ1) is 12.2. The van der Waals surface area contributed by atoms with E-state index in [1.54, 1.807) is 18.9 Å². The van der Waals surface area contributed by atoms with E-state index < -0.39 is 6.10 Å². The van der Waals surface area contributed by atoms with Crippen molar-refractivity contribution in [3.05, 3.63) is 12.3 Å². The van der Waals surface area contributed by atoms with E-state index in [9.17, 15) is 9.90 Å². The van der Waals surface area contributed by atoms with Gasteiger partial charge in [0.2, 0.25) is 5.91 Å². The summed E-state index contributed by atoms with van der Waals surface area (Å²) in [4.78, 5) is 13.6. The van der Waals surface area contributed by atoms with Gasteiger partial charge in [-0.05, 0) is 33.2 Å². The standard InChI is InChI=1S/C11H20N2O2/c1-8-5-4-6-10(12-3)11(15)13(8)7-9(2)14/h9-10,12,14H,1,4-7H2,2-3H3. The van der Waals surface area contributed by atoms with Gasteiger partial charge in [-0.1, -0.05) is 6.58 Å². The summed E-state index contributed by atoms with van der Waals surface area (Å²) in [6, 6.07) is -0.136. The third-order valence-corrected chi connectivity index (χ3v) is 2.70. The molecule has 1 fully saturated rings. The Morgan fingerprint density at radius 3 is 2.93 bits per heavy atom. The molecule has 2 atom stereocenters. The normalized spacial score (nSPS) is 25.3. The molecular weight excluding hydrogens is 192 g/mol.